The zero-order chi connectivity index (χ0) is 13.6. The second-order valence-corrected chi connectivity index (χ2v) is 5.56. The monoisotopic (exact) mass is 266 g/mol. The molecule has 0 atom stereocenters. The van der Waals surface area contributed by atoms with Gasteiger partial charge in [0, 0.05) is 13.0 Å². The Morgan fingerprint density at radius 1 is 1.44 bits per heavy atom. The van der Waals surface area contributed by atoms with Crippen LogP contribution in [0.2, 0.25) is 5.02 Å². The van der Waals surface area contributed by atoms with Crippen molar-refractivity contribution in [3.63, 3.8) is 0 Å². The molecule has 0 radical (unpaired) electrons. The fraction of sp³-hybridized carbons (Fsp3) is 0.500. The molecule has 0 bridgehead atoms. The Morgan fingerprint density at radius 3 is 2.78 bits per heavy atom. The lowest BCUT2D eigenvalue weighted by Gasteiger charge is -2.25. The minimum atomic E-state index is 0.00364. The molecule has 0 aliphatic carbocycles. The topological polar surface area (TPSA) is 56.0 Å². The van der Waals surface area contributed by atoms with E-state index in [1.165, 1.54) is 0 Å². The standard InChI is InChI=1S/C14H19ClN2O/c1-14(2,6-3-7-16)10-17-13-8-11(9-18)4-5-12(13)15/h4-5,8,17-18H,3,6,9-10H2,1-2H3. The van der Waals surface area contributed by atoms with Gasteiger partial charge in [0.2, 0.25) is 0 Å². The van der Waals surface area contributed by atoms with Crippen LogP contribution in [-0.2, 0) is 6.61 Å². The molecule has 0 heterocycles. The normalized spacial score (nSPS) is 11.1. The van der Waals surface area contributed by atoms with E-state index in [0.717, 1.165) is 24.2 Å². The maximum absolute atomic E-state index is 9.09. The zero-order valence-electron chi connectivity index (χ0n) is 10.8. The molecule has 0 saturated carbocycles. The molecule has 3 nitrogen and oxygen atoms in total. The summed E-state index contributed by atoms with van der Waals surface area (Å²) in [6, 6.07) is 7.59. The Balaban J connectivity index is 2.65. The second-order valence-electron chi connectivity index (χ2n) is 5.15. The van der Waals surface area contributed by atoms with Gasteiger partial charge < -0.3 is 10.4 Å². The van der Waals surface area contributed by atoms with E-state index in [9.17, 15) is 0 Å². The number of aliphatic hydroxyl groups excluding tert-OH is 1. The molecule has 0 fully saturated rings. The van der Waals surface area contributed by atoms with Gasteiger partial charge in [0.1, 0.15) is 0 Å². The van der Waals surface area contributed by atoms with Gasteiger partial charge in [0.05, 0.1) is 23.4 Å². The predicted molar refractivity (Wildman–Crippen MR) is 74.5 cm³/mol. The van der Waals surface area contributed by atoms with Crippen LogP contribution >= 0.6 is 11.6 Å². The van der Waals surface area contributed by atoms with E-state index < -0.39 is 0 Å². The van der Waals surface area contributed by atoms with Crippen LogP contribution in [0.25, 0.3) is 0 Å². The summed E-state index contributed by atoms with van der Waals surface area (Å²) < 4.78 is 0. The molecule has 0 unspecified atom stereocenters. The minimum Gasteiger partial charge on any atom is -0.392 e. The largest absolute Gasteiger partial charge is 0.392 e. The van der Waals surface area contributed by atoms with Crippen LogP contribution in [0.15, 0.2) is 18.2 Å². The summed E-state index contributed by atoms with van der Waals surface area (Å²) in [4.78, 5) is 0. The predicted octanol–water partition coefficient (Wildman–Crippen LogP) is 3.57. The van der Waals surface area contributed by atoms with Crippen molar-refractivity contribution >= 4 is 17.3 Å². The Kier molecular flexibility index (Phi) is 5.46. The van der Waals surface area contributed by atoms with Gasteiger partial charge in [0.15, 0.2) is 0 Å². The van der Waals surface area contributed by atoms with Gasteiger partial charge in [0.25, 0.3) is 0 Å². The Labute approximate surface area is 113 Å². The highest BCUT2D eigenvalue weighted by molar-refractivity contribution is 6.33. The molecule has 0 aliphatic rings. The summed E-state index contributed by atoms with van der Waals surface area (Å²) in [5, 5.41) is 21.6. The fourth-order valence-electron chi connectivity index (χ4n) is 1.62. The van der Waals surface area contributed by atoms with Crippen molar-refractivity contribution in [3.05, 3.63) is 28.8 Å². The van der Waals surface area contributed by atoms with Gasteiger partial charge in [-0.15, -0.1) is 0 Å². The molecule has 2 N–H and O–H groups in total. The van der Waals surface area contributed by atoms with E-state index in [0.29, 0.717) is 11.4 Å². The van der Waals surface area contributed by atoms with Crippen LogP contribution in [0.5, 0.6) is 0 Å². The van der Waals surface area contributed by atoms with Gasteiger partial charge >= 0.3 is 0 Å². The maximum Gasteiger partial charge on any atom is 0.0682 e. The molecule has 0 aliphatic heterocycles. The number of hydrogen-bond acceptors (Lipinski definition) is 3. The van der Waals surface area contributed by atoms with Gasteiger partial charge in [-0.25, -0.2) is 0 Å². The van der Waals surface area contributed by atoms with Crippen molar-refractivity contribution in [2.24, 2.45) is 5.41 Å². The van der Waals surface area contributed by atoms with Crippen molar-refractivity contribution in [2.45, 2.75) is 33.3 Å². The molecule has 4 heteroatoms. The minimum absolute atomic E-state index is 0.00364. The molecule has 98 valence electrons. The third-order valence-electron chi connectivity index (χ3n) is 2.88. The highest BCUT2D eigenvalue weighted by atomic mass is 35.5. The van der Waals surface area contributed by atoms with E-state index in [-0.39, 0.29) is 12.0 Å². The van der Waals surface area contributed by atoms with Crippen molar-refractivity contribution in [3.8, 4) is 6.07 Å². The fourth-order valence-corrected chi connectivity index (χ4v) is 1.81. The van der Waals surface area contributed by atoms with Crippen LogP contribution in [-0.4, -0.2) is 11.7 Å². The lowest BCUT2D eigenvalue weighted by Crippen LogP contribution is -2.23. The number of nitrogens with zero attached hydrogens (tertiary/aromatic N) is 1. The molecule has 18 heavy (non-hydrogen) atoms. The van der Waals surface area contributed by atoms with Crippen molar-refractivity contribution < 1.29 is 5.11 Å². The second kappa shape index (κ2) is 6.63. The van der Waals surface area contributed by atoms with Gasteiger partial charge in [-0.1, -0.05) is 31.5 Å². The molecule has 1 aromatic carbocycles. The third-order valence-corrected chi connectivity index (χ3v) is 3.21. The molecule has 0 amide bonds. The molecular weight excluding hydrogens is 248 g/mol. The zero-order valence-corrected chi connectivity index (χ0v) is 11.6. The molecule has 0 aromatic heterocycles. The van der Waals surface area contributed by atoms with Crippen molar-refractivity contribution in [2.75, 3.05) is 11.9 Å². The van der Waals surface area contributed by atoms with Crippen LogP contribution in [0.4, 0.5) is 5.69 Å². The third kappa shape index (κ3) is 4.56. The summed E-state index contributed by atoms with van der Waals surface area (Å²) in [5.74, 6) is 0. The van der Waals surface area contributed by atoms with E-state index in [2.05, 4.69) is 25.2 Å². The summed E-state index contributed by atoms with van der Waals surface area (Å²) in [7, 11) is 0. The van der Waals surface area contributed by atoms with Crippen LogP contribution < -0.4 is 5.32 Å². The lowest BCUT2D eigenvalue weighted by atomic mass is 9.88. The van der Waals surface area contributed by atoms with Gasteiger partial charge in [-0.3, -0.25) is 0 Å². The van der Waals surface area contributed by atoms with Crippen LogP contribution in [0.1, 0.15) is 32.3 Å². The van der Waals surface area contributed by atoms with Crippen molar-refractivity contribution in [1.29, 1.82) is 5.26 Å². The van der Waals surface area contributed by atoms with Gasteiger partial charge in [-0.05, 0) is 29.5 Å². The molecule has 0 spiro atoms. The van der Waals surface area contributed by atoms with Crippen LogP contribution in [0, 0.1) is 16.7 Å². The highest BCUT2D eigenvalue weighted by Gasteiger charge is 2.17. The number of nitriles is 1. The first kappa shape index (κ1) is 14.8. The summed E-state index contributed by atoms with van der Waals surface area (Å²) >= 11 is 6.09. The van der Waals surface area contributed by atoms with Crippen LogP contribution in [0.3, 0.4) is 0 Å². The molecule has 1 aromatic rings. The quantitative estimate of drug-likeness (QED) is 0.828. The SMILES string of the molecule is CC(C)(CCC#N)CNc1cc(CO)ccc1Cl. The molecule has 1 rings (SSSR count). The average Bonchev–Trinajstić information content (AvgIpc) is 2.35. The number of hydrogen-bond donors (Lipinski definition) is 2. The van der Waals surface area contributed by atoms with Crippen molar-refractivity contribution in [1.82, 2.24) is 0 Å². The summed E-state index contributed by atoms with van der Waals surface area (Å²) in [6.07, 6.45) is 1.40. The number of anilines is 1. The van der Waals surface area contributed by atoms with E-state index in [4.69, 9.17) is 22.0 Å². The first-order valence-corrected chi connectivity index (χ1v) is 6.36. The first-order chi connectivity index (χ1) is 8.48. The Hall–Kier alpha value is -1.24. The maximum atomic E-state index is 9.09. The highest BCUT2D eigenvalue weighted by Crippen LogP contribution is 2.27. The molecular formula is C14H19ClN2O. The smallest absolute Gasteiger partial charge is 0.0682 e. The summed E-state index contributed by atoms with van der Waals surface area (Å²) in [5.41, 5.74) is 1.69. The molecule has 0 saturated heterocycles. The number of nitrogens with one attached hydrogen (secondary N) is 1. The Bertz CT molecular complexity index is 438. The van der Waals surface area contributed by atoms with E-state index in [1.54, 1.807) is 12.1 Å². The Morgan fingerprint density at radius 2 is 2.17 bits per heavy atom. The van der Waals surface area contributed by atoms with E-state index in [1.807, 2.05) is 6.07 Å². The van der Waals surface area contributed by atoms with Gasteiger partial charge in [-0.2, -0.15) is 5.26 Å². The number of aliphatic hydroxyl groups is 1. The first-order valence-electron chi connectivity index (χ1n) is 5.98. The lowest BCUT2D eigenvalue weighted by molar-refractivity contribution is 0.282. The number of halogens is 1. The number of benzene rings is 1. The average molecular weight is 267 g/mol. The van der Waals surface area contributed by atoms with E-state index >= 15 is 0 Å². The summed E-state index contributed by atoms with van der Waals surface area (Å²) in [6.45, 7) is 4.97. The number of rotatable bonds is 6.